The van der Waals surface area contributed by atoms with E-state index in [1.165, 1.54) is 11.1 Å². The quantitative estimate of drug-likeness (QED) is 0.813. The molecule has 0 radical (unpaired) electrons. The highest BCUT2D eigenvalue weighted by Gasteiger charge is 1.90. The summed E-state index contributed by atoms with van der Waals surface area (Å²) in [7, 11) is 1.93. The number of hydrogen-bond donors (Lipinski definition) is 1. The van der Waals surface area contributed by atoms with Crippen LogP contribution in [0.3, 0.4) is 0 Å². The molecule has 0 saturated heterocycles. The van der Waals surface area contributed by atoms with Gasteiger partial charge in [0.1, 0.15) is 6.29 Å². The van der Waals surface area contributed by atoms with Crippen LogP contribution in [0, 0.1) is 6.92 Å². The highest BCUT2D eigenvalue weighted by atomic mass is 16.1. The van der Waals surface area contributed by atoms with Crippen LogP contribution in [0.25, 0.3) is 0 Å². The Hall–Kier alpha value is -1.15. The monoisotopic (exact) mass is 237 g/mol. The van der Waals surface area contributed by atoms with Gasteiger partial charge in [-0.3, -0.25) is 0 Å². The summed E-state index contributed by atoms with van der Waals surface area (Å²) in [5.74, 6) is 0. The van der Waals surface area contributed by atoms with Crippen LogP contribution in [0.2, 0.25) is 0 Å². The fourth-order valence-electron chi connectivity index (χ4n) is 0.980. The Bertz CT molecular complexity index is 252. The third kappa shape index (κ3) is 12.8. The minimum atomic E-state index is 0.628. The van der Waals surface area contributed by atoms with Crippen LogP contribution in [-0.2, 0) is 11.2 Å². The fraction of sp³-hybridized carbons (Fsp3) is 0.533. The van der Waals surface area contributed by atoms with Gasteiger partial charge in [0.25, 0.3) is 0 Å². The number of aryl methyl sites for hydroxylation is 2. The van der Waals surface area contributed by atoms with Crippen LogP contribution in [0.5, 0.6) is 0 Å². The van der Waals surface area contributed by atoms with Crippen molar-refractivity contribution in [3.63, 3.8) is 0 Å². The molecular weight excluding hydrogens is 210 g/mol. The molecular formula is C15H27NO. The Kier molecular flexibility index (Phi) is 15.9. The molecule has 0 amide bonds. The maximum atomic E-state index is 10.0. The van der Waals surface area contributed by atoms with E-state index >= 15 is 0 Å². The number of rotatable bonds is 4. The van der Waals surface area contributed by atoms with E-state index in [1.807, 2.05) is 20.9 Å². The first-order valence-corrected chi connectivity index (χ1v) is 6.38. The Morgan fingerprint density at radius 1 is 1.18 bits per heavy atom. The third-order valence-electron chi connectivity index (χ3n) is 2.03. The second kappa shape index (κ2) is 14.8. The molecule has 1 N–H and O–H groups in total. The molecule has 0 fully saturated rings. The zero-order valence-corrected chi connectivity index (χ0v) is 11.9. The first-order valence-electron chi connectivity index (χ1n) is 6.38. The van der Waals surface area contributed by atoms with Gasteiger partial charge in [0.05, 0.1) is 0 Å². The number of carbonyl (C=O) groups excluding carboxylic acids is 1. The van der Waals surface area contributed by atoms with E-state index in [2.05, 4.69) is 43.4 Å². The van der Waals surface area contributed by atoms with E-state index in [1.54, 1.807) is 0 Å². The summed E-state index contributed by atoms with van der Waals surface area (Å²) in [6.07, 6.45) is 2.45. The summed E-state index contributed by atoms with van der Waals surface area (Å²) in [6, 6.07) is 8.28. The average molecular weight is 237 g/mol. The van der Waals surface area contributed by atoms with Crippen molar-refractivity contribution in [3.8, 4) is 0 Å². The van der Waals surface area contributed by atoms with Crippen molar-refractivity contribution in [2.45, 2.75) is 40.5 Å². The molecule has 98 valence electrons. The second-order valence-corrected chi connectivity index (χ2v) is 3.40. The summed E-state index contributed by atoms with van der Waals surface area (Å²) >= 11 is 0. The summed E-state index contributed by atoms with van der Waals surface area (Å²) in [6.45, 7) is 9.20. The molecule has 1 aromatic rings. The molecule has 17 heavy (non-hydrogen) atoms. The number of benzene rings is 1. The fourth-order valence-corrected chi connectivity index (χ4v) is 0.980. The van der Waals surface area contributed by atoms with Gasteiger partial charge in [0, 0.05) is 6.42 Å². The van der Waals surface area contributed by atoms with Gasteiger partial charge >= 0.3 is 0 Å². The van der Waals surface area contributed by atoms with Gasteiger partial charge in [0.2, 0.25) is 0 Å². The Labute approximate surface area is 106 Å². The third-order valence-corrected chi connectivity index (χ3v) is 2.03. The van der Waals surface area contributed by atoms with E-state index in [-0.39, 0.29) is 0 Å². The van der Waals surface area contributed by atoms with E-state index in [9.17, 15) is 4.79 Å². The predicted molar refractivity (Wildman–Crippen MR) is 76.5 cm³/mol. The van der Waals surface area contributed by atoms with Gasteiger partial charge in [-0.25, -0.2) is 0 Å². The summed E-state index contributed by atoms with van der Waals surface area (Å²) < 4.78 is 0. The molecule has 0 aliphatic carbocycles. The van der Waals surface area contributed by atoms with Crippen molar-refractivity contribution in [2.24, 2.45) is 0 Å². The minimum Gasteiger partial charge on any atom is -0.320 e. The number of carbonyl (C=O) groups is 1. The molecule has 0 heterocycles. The molecule has 1 aromatic carbocycles. The standard InChI is InChI=1S/C10H12O.C3H9N.C2H6/c1-9-4-6-10(7-5-9)3-2-8-11;1-3-4-2;1-2/h4-8H,2-3H2,1H3;4H,3H2,1-2H3;1-2H3. The van der Waals surface area contributed by atoms with Crippen molar-refractivity contribution in [2.75, 3.05) is 13.6 Å². The highest BCUT2D eigenvalue weighted by molar-refractivity contribution is 5.50. The highest BCUT2D eigenvalue weighted by Crippen LogP contribution is 2.04. The van der Waals surface area contributed by atoms with Crippen LogP contribution < -0.4 is 5.32 Å². The van der Waals surface area contributed by atoms with Crippen LogP contribution in [0.1, 0.15) is 38.3 Å². The number of hydrogen-bond acceptors (Lipinski definition) is 2. The van der Waals surface area contributed by atoms with Crippen molar-refractivity contribution in [1.82, 2.24) is 5.32 Å². The van der Waals surface area contributed by atoms with Gasteiger partial charge < -0.3 is 10.1 Å². The largest absolute Gasteiger partial charge is 0.320 e. The molecule has 0 aliphatic heterocycles. The lowest BCUT2D eigenvalue weighted by Gasteiger charge is -1.96. The summed E-state index contributed by atoms with van der Waals surface area (Å²) in [5.41, 5.74) is 2.50. The smallest absolute Gasteiger partial charge is 0.120 e. The maximum absolute atomic E-state index is 10.0. The van der Waals surface area contributed by atoms with E-state index < -0.39 is 0 Å². The topological polar surface area (TPSA) is 29.1 Å². The molecule has 0 bridgehead atoms. The zero-order chi connectivity index (χ0) is 13.5. The molecule has 2 heteroatoms. The van der Waals surface area contributed by atoms with E-state index in [0.717, 1.165) is 19.3 Å². The minimum absolute atomic E-state index is 0.628. The average Bonchev–Trinajstić information content (AvgIpc) is 2.41. The lowest BCUT2D eigenvalue weighted by Crippen LogP contribution is -2.01. The summed E-state index contributed by atoms with van der Waals surface area (Å²) in [4.78, 5) is 10.0. The SMILES string of the molecule is CC.CCNC.Cc1ccc(CCC=O)cc1. The van der Waals surface area contributed by atoms with Gasteiger partial charge in [-0.15, -0.1) is 0 Å². The van der Waals surface area contributed by atoms with Crippen molar-refractivity contribution in [3.05, 3.63) is 35.4 Å². The molecule has 1 rings (SSSR count). The predicted octanol–water partition coefficient (Wildman–Crippen LogP) is 3.38. The number of aldehydes is 1. The van der Waals surface area contributed by atoms with Crippen LogP contribution in [0.15, 0.2) is 24.3 Å². The molecule has 0 unspecified atom stereocenters. The Morgan fingerprint density at radius 3 is 2.00 bits per heavy atom. The van der Waals surface area contributed by atoms with Crippen LogP contribution in [0.4, 0.5) is 0 Å². The Balaban J connectivity index is 0. The normalized spacial score (nSPS) is 8.29. The van der Waals surface area contributed by atoms with Crippen LogP contribution in [-0.4, -0.2) is 19.9 Å². The zero-order valence-electron chi connectivity index (χ0n) is 11.9. The second-order valence-electron chi connectivity index (χ2n) is 3.40. The Morgan fingerprint density at radius 2 is 1.65 bits per heavy atom. The lowest BCUT2D eigenvalue weighted by atomic mass is 10.1. The van der Waals surface area contributed by atoms with Gasteiger partial charge in [-0.2, -0.15) is 0 Å². The van der Waals surface area contributed by atoms with Gasteiger partial charge in [-0.1, -0.05) is 50.6 Å². The van der Waals surface area contributed by atoms with Crippen molar-refractivity contribution >= 4 is 6.29 Å². The number of nitrogens with one attached hydrogen (secondary N) is 1. The van der Waals surface area contributed by atoms with Gasteiger partial charge in [-0.05, 0) is 32.5 Å². The van der Waals surface area contributed by atoms with Crippen LogP contribution >= 0.6 is 0 Å². The maximum Gasteiger partial charge on any atom is 0.120 e. The summed E-state index contributed by atoms with van der Waals surface area (Å²) in [5, 5.41) is 2.93. The molecule has 0 spiro atoms. The van der Waals surface area contributed by atoms with Gasteiger partial charge in [0.15, 0.2) is 0 Å². The molecule has 0 aliphatic rings. The van der Waals surface area contributed by atoms with E-state index in [0.29, 0.717) is 6.42 Å². The van der Waals surface area contributed by atoms with E-state index in [4.69, 9.17) is 0 Å². The molecule has 2 nitrogen and oxygen atoms in total. The van der Waals surface area contributed by atoms with Crippen molar-refractivity contribution < 1.29 is 4.79 Å². The molecule has 0 saturated carbocycles. The molecule has 0 atom stereocenters. The van der Waals surface area contributed by atoms with Crippen molar-refractivity contribution in [1.29, 1.82) is 0 Å². The first kappa shape index (κ1) is 18.2. The molecule has 0 aromatic heterocycles. The lowest BCUT2D eigenvalue weighted by molar-refractivity contribution is -0.107. The first-order chi connectivity index (χ1) is 8.24.